The third kappa shape index (κ3) is 10.7. The highest BCUT2D eigenvalue weighted by molar-refractivity contribution is 7.97. The van der Waals surface area contributed by atoms with Gasteiger partial charge in [0.1, 0.15) is 6.29 Å². The van der Waals surface area contributed by atoms with E-state index in [0.29, 0.717) is 31.0 Å². The number of aliphatic hydroxyl groups excluding tert-OH is 1. The van der Waals surface area contributed by atoms with Crippen molar-refractivity contribution in [3.63, 3.8) is 0 Å². The van der Waals surface area contributed by atoms with Gasteiger partial charge < -0.3 is 15.2 Å². The van der Waals surface area contributed by atoms with Crippen molar-refractivity contribution in [1.29, 1.82) is 0 Å². The molecule has 2 N–H and O–H groups in total. The van der Waals surface area contributed by atoms with Gasteiger partial charge in [-0.2, -0.15) is 0 Å². The molecule has 0 aliphatic carbocycles. The first-order valence-electron chi connectivity index (χ1n) is 10.9. The molecule has 0 fully saturated rings. The lowest BCUT2D eigenvalue weighted by Crippen LogP contribution is -2.45. The molecule has 0 spiro atoms. The molecule has 0 aliphatic heterocycles. The van der Waals surface area contributed by atoms with Crippen molar-refractivity contribution in [2.75, 3.05) is 20.1 Å². The predicted octanol–water partition coefficient (Wildman–Crippen LogP) is 5.16. The van der Waals surface area contributed by atoms with Crippen molar-refractivity contribution in [3.8, 4) is 0 Å². The van der Waals surface area contributed by atoms with Crippen LogP contribution in [0.15, 0.2) is 53.4 Å². The van der Waals surface area contributed by atoms with Crippen LogP contribution in [0.4, 0.5) is 0 Å². The van der Waals surface area contributed by atoms with E-state index < -0.39 is 6.10 Å². The van der Waals surface area contributed by atoms with Crippen molar-refractivity contribution < 1.29 is 9.90 Å². The smallest absolute Gasteiger partial charge is 0.120 e. The summed E-state index contributed by atoms with van der Waals surface area (Å²) in [6, 6.07) is 16.4. The number of hydrogen-bond donors (Lipinski definition) is 2. The molecule has 0 radical (unpaired) electrons. The Kier molecular flexibility index (Phi) is 11.1. The number of nitrogens with one attached hydrogen (secondary N) is 1. The Bertz CT molecular complexity index is 801. The second kappa shape index (κ2) is 13.2. The van der Waals surface area contributed by atoms with Gasteiger partial charge in [-0.15, -0.1) is 0 Å². The van der Waals surface area contributed by atoms with E-state index in [1.54, 1.807) is 11.9 Å². The van der Waals surface area contributed by atoms with Gasteiger partial charge in [0.05, 0.1) is 6.10 Å². The molecule has 31 heavy (non-hydrogen) atoms. The number of β-amino-alcohol motifs (C(OH)–C–C–N with tert-alkyl or cyclic N) is 1. The van der Waals surface area contributed by atoms with Crippen molar-refractivity contribution in [2.45, 2.75) is 62.5 Å². The van der Waals surface area contributed by atoms with Gasteiger partial charge >= 0.3 is 0 Å². The Hall–Kier alpha value is -1.37. The molecule has 4 nitrogen and oxygen atoms in total. The van der Waals surface area contributed by atoms with Crippen LogP contribution in [-0.4, -0.2) is 47.5 Å². The van der Waals surface area contributed by atoms with Crippen LogP contribution in [0.25, 0.3) is 0 Å². The van der Waals surface area contributed by atoms with E-state index in [4.69, 9.17) is 11.6 Å². The maximum absolute atomic E-state index is 10.6. The largest absolute Gasteiger partial charge is 0.390 e. The molecular formula is C25H35ClN2O2S. The molecule has 170 valence electrons. The van der Waals surface area contributed by atoms with Gasteiger partial charge in [0.15, 0.2) is 0 Å². The number of carbonyl (C=O) groups excluding carboxylic acids is 1. The van der Waals surface area contributed by atoms with E-state index in [1.807, 2.05) is 29.6 Å². The Morgan fingerprint density at radius 2 is 1.90 bits per heavy atom. The Morgan fingerprint density at radius 1 is 1.16 bits per heavy atom. The summed E-state index contributed by atoms with van der Waals surface area (Å²) in [6.07, 6.45) is 4.86. The van der Waals surface area contributed by atoms with Crippen LogP contribution in [0.3, 0.4) is 0 Å². The molecule has 1 unspecified atom stereocenters. The number of carbonyl (C=O) groups is 1. The van der Waals surface area contributed by atoms with E-state index >= 15 is 0 Å². The molecule has 0 saturated carbocycles. The van der Waals surface area contributed by atoms with Crippen molar-refractivity contribution in [3.05, 3.63) is 64.7 Å². The minimum Gasteiger partial charge on any atom is -0.390 e. The molecule has 1 atom stereocenters. The summed E-state index contributed by atoms with van der Waals surface area (Å²) in [6.45, 7) is 5.46. The molecular weight excluding hydrogens is 428 g/mol. The fourth-order valence-corrected chi connectivity index (χ4v) is 4.80. The zero-order chi connectivity index (χ0) is 22.7. The van der Waals surface area contributed by atoms with Crippen LogP contribution in [0.1, 0.15) is 44.2 Å². The number of hydrogen-bond acceptors (Lipinski definition) is 5. The number of aryl methyl sites for hydroxylation is 2. The summed E-state index contributed by atoms with van der Waals surface area (Å²) in [4.78, 5) is 11.6. The zero-order valence-corrected chi connectivity index (χ0v) is 20.4. The summed E-state index contributed by atoms with van der Waals surface area (Å²) in [5, 5.41) is 14.7. The van der Waals surface area contributed by atoms with E-state index in [1.165, 1.54) is 5.56 Å². The van der Waals surface area contributed by atoms with Crippen LogP contribution in [-0.2, 0) is 17.6 Å². The average Bonchev–Trinajstić information content (AvgIpc) is 2.71. The molecule has 0 heterocycles. The lowest BCUT2D eigenvalue weighted by molar-refractivity contribution is -0.107. The number of aldehydes is 1. The third-order valence-corrected chi connectivity index (χ3v) is 6.26. The molecule has 6 heteroatoms. The Labute approximate surface area is 196 Å². The Morgan fingerprint density at radius 3 is 2.61 bits per heavy atom. The highest BCUT2D eigenvalue weighted by Crippen LogP contribution is 2.27. The predicted molar refractivity (Wildman–Crippen MR) is 132 cm³/mol. The molecule has 0 saturated heterocycles. The first-order chi connectivity index (χ1) is 14.8. The van der Waals surface area contributed by atoms with E-state index in [-0.39, 0.29) is 5.54 Å². The average molecular weight is 463 g/mol. The van der Waals surface area contributed by atoms with Crippen LogP contribution in [0, 0.1) is 0 Å². The van der Waals surface area contributed by atoms with Crippen LogP contribution >= 0.6 is 23.5 Å². The summed E-state index contributed by atoms with van der Waals surface area (Å²) in [5.74, 6) is 0. The van der Waals surface area contributed by atoms with Gasteiger partial charge in [-0.1, -0.05) is 41.9 Å². The van der Waals surface area contributed by atoms with Gasteiger partial charge in [-0.3, -0.25) is 0 Å². The quantitative estimate of drug-likeness (QED) is 0.300. The monoisotopic (exact) mass is 462 g/mol. The minimum absolute atomic E-state index is 0.0259. The highest BCUT2D eigenvalue weighted by atomic mass is 35.5. The minimum atomic E-state index is -0.473. The fraction of sp³-hybridized carbons (Fsp3) is 0.480. The lowest BCUT2D eigenvalue weighted by Gasteiger charge is -2.29. The molecule has 0 aliphatic rings. The molecule has 2 aromatic rings. The fourth-order valence-electron chi connectivity index (χ4n) is 3.48. The molecule has 0 bridgehead atoms. The van der Waals surface area contributed by atoms with Gasteiger partial charge in [0.2, 0.25) is 0 Å². The van der Waals surface area contributed by atoms with E-state index in [2.05, 4.69) is 49.5 Å². The molecule has 2 rings (SSSR count). The number of likely N-dealkylation sites (N-methyl/N-ethyl adjacent to an activating group) is 1. The maximum atomic E-state index is 10.6. The normalized spacial score (nSPS) is 12.8. The second-order valence-corrected chi connectivity index (χ2v) is 10.4. The first kappa shape index (κ1) is 25.9. The van der Waals surface area contributed by atoms with Gasteiger partial charge in [0.25, 0.3) is 0 Å². The summed E-state index contributed by atoms with van der Waals surface area (Å²) in [7, 11) is 1.96. The summed E-state index contributed by atoms with van der Waals surface area (Å²) < 4.78 is 2.02. The number of benzene rings is 2. The Balaban J connectivity index is 1.73. The van der Waals surface area contributed by atoms with E-state index in [0.717, 1.165) is 36.0 Å². The first-order valence-corrected chi connectivity index (χ1v) is 12.0. The summed E-state index contributed by atoms with van der Waals surface area (Å²) >= 11 is 7.77. The number of halogens is 1. The van der Waals surface area contributed by atoms with Gasteiger partial charge in [0, 0.05) is 35.0 Å². The van der Waals surface area contributed by atoms with Crippen molar-refractivity contribution >= 4 is 29.8 Å². The van der Waals surface area contributed by atoms with E-state index in [9.17, 15) is 9.90 Å². The highest BCUT2D eigenvalue weighted by Gasteiger charge is 2.19. The standard InChI is InChI=1S/C25H35ClN2O2S/c1-25(2,13-7-11-20-9-5-4-6-10-20)27-18-23(30)19-28(3)31-24-16-21(12-8-14-29)15-22(26)17-24/h4-6,9-10,14-17,23,27,30H,7-8,11-13,18-19H2,1-3H3. The van der Waals surface area contributed by atoms with Crippen LogP contribution < -0.4 is 5.32 Å². The maximum Gasteiger partial charge on any atom is 0.120 e. The number of rotatable bonds is 14. The van der Waals surface area contributed by atoms with Crippen LogP contribution in [0.2, 0.25) is 5.02 Å². The zero-order valence-electron chi connectivity index (χ0n) is 18.8. The lowest BCUT2D eigenvalue weighted by atomic mass is 9.95. The van der Waals surface area contributed by atoms with Gasteiger partial charge in [-0.25, -0.2) is 4.31 Å². The SMILES string of the molecule is CN(CC(O)CNC(C)(C)CCCc1ccccc1)Sc1cc(Cl)cc(CCC=O)c1. The molecule has 2 aromatic carbocycles. The summed E-state index contributed by atoms with van der Waals surface area (Å²) in [5.41, 5.74) is 2.39. The number of aliphatic hydroxyl groups is 1. The third-order valence-electron chi connectivity index (χ3n) is 5.14. The molecule has 0 aromatic heterocycles. The van der Waals surface area contributed by atoms with Gasteiger partial charge in [-0.05, 0) is 87.9 Å². The van der Waals surface area contributed by atoms with Crippen molar-refractivity contribution in [2.24, 2.45) is 0 Å². The topological polar surface area (TPSA) is 52.6 Å². The number of nitrogens with zero attached hydrogens (tertiary/aromatic N) is 1. The second-order valence-electron chi connectivity index (χ2n) is 8.66. The molecule has 0 amide bonds. The van der Waals surface area contributed by atoms with Crippen LogP contribution in [0.5, 0.6) is 0 Å². The van der Waals surface area contributed by atoms with Crippen molar-refractivity contribution in [1.82, 2.24) is 9.62 Å².